The largest absolute Gasteiger partial charge is 0.411 e. The summed E-state index contributed by atoms with van der Waals surface area (Å²) in [5.74, 6) is 0.749. The van der Waals surface area contributed by atoms with Crippen LogP contribution in [0.5, 0.6) is 0 Å². The van der Waals surface area contributed by atoms with E-state index < -0.39 is 18.2 Å². The first-order valence-corrected chi connectivity index (χ1v) is 10.6. The molecule has 0 aliphatic heterocycles. The summed E-state index contributed by atoms with van der Waals surface area (Å²) in [6, 6.07) is 7.16. The molecule has 1 aliphatic carbocycles. The fourth-order valence-corrected chi connectivity index (χ4v) is 3.86. The lowest BCUT2D eigenvalue weighted by atomic mass is 9.84. The Hall–Kier alpha value is -1.56. The minimum atomic E-state index is -4.33. The molecule has 2 N–H and O–H groups in total. The van der Waals surface area contributed by atoms with Crippen LogP contribution >= 0.6 is 24.0 Å². The summed E-state index contributed by atoms with van der Waals surface area (Å²) in [6.07, 6.45) is -0.540. The SMILES string of the molecule is CCNC(=NCc1cccc(COCC(F)(F)F)c1)NCC1(C(=O)N(C)C)CCCC1.I. The Bertz CT molecular complexity index is 751. The first kappa shape index (κ1) is 28.5. The summed E-state index contributed by atoms with van der Waals surface area (Å²) in [5, 5.41) is 6.51. The van der Waals surface area contributed by atoms with Crippen molar-refractivity contribution < 1.29 is 22.7 Å². The van der Waals surface area contributed by atoms with Gasteiger partial charge < -0.3 is 20.3 Å². The highest BCUT2D eigenvalue weighted by Crippen LogP contribution is 2.38. The number of ether oxygens (including phenoxy) is 1. The standard InChI is InChI=1S/C22H33F3N4O2.HI/c1-4-26-20(28-15-21(10-5-6-11-21)19(30)29(2)3)27-13-17-8-7-9-18(12-17)14-31-16-22(23,24)25;/h7-9,12H,4-6,10-11,13-16H2,1-3H3,(H2,26,27,28);1H. The van der Waals surface area contributed by atoms with E-state index in [0.717, 1.165) is 31.2 Å². The van der Waals surface area contributed by atoms with Crippen LogP contribution in [0.2, 0.25) is 0 Å². The molecule has 1 saturated carbocycles. The van der Waals surface area contributed by atoms with Gasteiger partial charge in [0.05, 0.1) is 18.6 Å². The number of hydrogen-bond donors (Lipinski definition) is 2. The van der Waals surface area contributed by atoms with Gasteiger partial charge in [-0.05, 0) is 30.9 Å². The highest BCUT2D eigenvalue weighted by atomic mass is 127. The van der Waals surface area contributed by atoms with Crippen molar-refractivity contribution >= 4 is 35.8 Å². The van der Waals surface area contributed by atoms with Crippen molar-refractivity contribution in [2.75, 3.05) is 33.8 Å². The minimum absolute atomic E-state index is 0. The summed E-state index contributed by atoms with van der Waals surface area (Å²) in [6.45, 7) is 2.14. The Morgan fingerprint density at radius 3 is 2.44 bits per heavy atom. The predicted octanol–water partition coefficient (Wildman–Crippen LogP) is 4.09. The summed E-state index contributed by atoms with van der Waals surface area (Å²) < 4.78 is 41.5. The fourth-order valence-electron chi connectivity index (χ4n) is 3.86. The Balaban J connectivity index is 0.00000512. The van der Waals surface area contributed by atoms with Gasteiger partial charge in [0.15, 0.2) is 5.96 Å². The molecule has 0 unspecified atom stereocenters. The van der Waals surface area contributed by atoms with Crippen molar-refractivity contribution in [3.05, 3.63) is 35.4 Å². The molecule has 10 heteroatoms. The van der Waals surface area contributed by atoms with Gasteiger partial charge in [-0.2, -0.15) is 13.2 Å². The van der Waals surface area contributed by atoms with E-state index in [9.17, 15) is 18.0 Å². The number of halogens is 4. The maximum atomic E-state index is 12.7. The number of hydrogen-bond acceptors (Lipinski definition) is 3. The zero-order valence-corrected chi connectivity index (χ0v) is 21.3. The number of aliphatic imine (C=N–C) groups is 1. The highest BCUT2D eigenvalue weighted by Gasteiger charge is 2.42. The Kier molecular flexibility index (Phi) is 11.8. The van der Waals surface area contributed by atoms with Crippen LogP contribution < -0.4 is 10.6 Å². The zero-order valence-electron chi connectivity index (χ0n) is 18.9. The van der Waals surface area contributed by atoms with Gasteiger partial charge in [0, 0.05) is 27.2 Å². The van der Waals surface area contributed by atoms with Crippen LogP contribution in [0.25, 0.3) is 0 Å². The van der Waals surface area contributed by atoms with Crippen molar-refractivity contribution in [1.29, 1.82) is 0 Å². The molecular weight excluding hydrogens is 536 g/mol. The average molecular weight is 570 g/mol. The molecular formula is C22H34F3IN4O2. The van der Waals surface area contributed by atoms with E-state index >= 15 is 0 Å². The van der Waals surface area contributed by atoms with E-state index in [1.165, 1.54) is 0 Å². The molecule has 0 bridgehead atoms. The molecule has 1 aromatic rings. The van der Waals surface area contributed by atoms with Gasteiger partial charge in [-0.25, -0.2) is 4.99 Å². The topological polar surface area (TPSA) is 66.0 Å². The first-order valence-electron chi connectivity index (χ1n) is 10.6. The first-order chi connectivity index (χ1) is 14.6. The molecule has 0 radical (unpaired) electrons. The second-order valence-electron chi connectivity index (χ2n) is 8.16. The summed E-state index contributed by atoms with van der Waals surface area (Å²) >= 11 is 0. The van der Waals surface area contributed by atoms with Crippen LogP contribution in [0, 0.1) is 5.41 Å². The van der Waals surface area contributed by atoms with Gasteiger partial charge >= 0.3 is 6.18 Å². The van der Waals surface area contributed by atoms with Gasteiger partial charge in [-0.1, -0.05) is 37.1 Å². The van der Waals surface area contributed by atoms with Crippen LogP contribution in [-0.4, -0.2) is 56.7 Å². The van der Waals surface area contributed by atoms with Crippen molar-refractivity contribution in [2.24, 2.45) is 10.4 Å². The van der Waals surface area contributed by atoms with Crippen LogP contribution in [0.3, 0.4) is 0 Å². The van der Waals surface area contributed by atoms with Crippen molar-refractivity contribution in [2.45, 2.75) is 51.9 Å². The molecule has 6 nitrogen and oxygen atoms in total. The fraction of sp³-hybridized carbons (Fsp3) is 0.636. The van der Waals surface area contributed by atoms with Crippen molar-refractivity contribution in [3.8, 4) is 0 Å². The van der Waals surface area contributed by atoms with Crippen molar-refractivity contribution in [1.82, 2.24) is 15.5 Å². The third kappa shape index (κ3) is 9.13. The third-order valence-corrected chi connectivity index (χ3v) is 5.30. The number of benzene rings is 1. The number of rotatable bonds is 9. The van der Waals surface area contributed by atoms with E-state index in [4.69, 9.17) is 4.74 Å². The molecule has 1 aliphatic rings. The van der Waals surface area contributed by atoms with Crippen LogP contribution in [0.15, 0.2) is 29.3 Å². The lowest BCUT2D eigenvalue weighted by Gasteiger charge is -2.31. The number of carbonyl (C=O) groups is 1. The van der Waals surface area contributed by atoms with Gasteiger partial charge in [0.25, 0.3) is 0 Å². The molecule has 0 saturated heterocycles. The quantitative estimate of drug-likeness (QED) is 0.267. The maximum Gasteiger partial charge on any atom is 0.411 e. The number of carbonyl (C=O) groups excluding carboxylic acids is 1. The second kappa shape index (κ2) is 13.2. The lowest BCUT2D eigenvalue weighted by molar-refractivity contribution is -0.176. The third-order valence-electron chi connectivity index (χ3n) is 5.30. The smallest absolute Gasteiger partial charge is 0.367 e. The Morgan fingerprint density at radius 2 is 1.84 bits per heavy atom. The van der Waals surface area contributed by atoms with Crippen LogP contribution in [-0.2, 0) is 22.7 Å². The molecule has 182 valence electrons. The molecule has 1 fully saturated rings. The van der Waals surface area contributed by atoms with E-state index in [0.29, 0.717) is 31.2 Å². The normalized spacial score (nSPS) is 15.8. The van der Waals surface area contributed by atoms with Gasteiger partial charge in [-0.15, -0.1) is 24.0 Å². The number of alkyl halides is 3. The second-order valence-corrected chi connectivity index (χ2v) is 8.16. The van der Waals surface area contributed by atoms with Crippen LogP contribution in [0.1, 0.15) is 43.7 Å². The zero-order chi connectivity index (χ0) is 22.9. The average Bonchev–Trinajstić information content (AvgIpc) is 3.19. The lowest BCUT2D eigenvalue weighted by Crippen LogP contribution is -2.49. The molecule has 32 heavy (non-hydrogen) atoms. The number of guanidine groups is 1. The van der Waals surface area contributed by atoms with Gasteiger partial charge in [0.2, 0.25) is 5.91 Å². The van der Waals surface area contributed by atoms with Gasteiger partial charge in [-0.3, -0.25) is 4.79 Å². The number of amides is 1. The molecule has 1 aromatic carbocycles. The molecule has 0 aromatic heterocycles. The Morgan fingerprint density at radius 1 is 1.19 bits per heavy atom. The van der Waals surface area contributed by atoms with Crippen molar-refractivity contribution in [3.63, 3.8) is 0 Å². The molecule has 2 rings (SSSR count). The minimum Gasteiger partial charge on any atom is -0.367 e. The predicted molar refractivity (Wildman–Crippen MR) is 130 cm³/mol. The van der Waals surface area contributed by atoms with E-state index in [1.807, 2.05) is 13.0 Å². The molecule has 1 amide bonds. The highest BCUT2D eigenvalue weighted by molar-refractivity contribution is 14.0. The van der Waals surface area contributed by atoms with Crippen LogP contribution in [0.4, 0.5) is 13.2 Å². The molecule has 0 spiro atoms. The summed E-state index contributed by atoms with van der Waals surface area (Å²) in [5.41, 5.74) is 1.12. The van der Waals surface area contributed by atoms with E-state index in [1.54, 1.807) is 37.2 Å². The molecule has 0 heterocycles. The number of nitrogens with zero attached hydrogens (tertiary/aromatic N) is 2. The maximum absolute atomic E-state index is 12.7. The number of nitrogens with one attached hydrogen (secondary N) is 2. The Labute approximate surface area is 205 Å². The van der Waals surface area contributed by atoms with Gasteiger partial charge in [0.1, 0.15) is 6.61 Å². The monoisotopic (exact) mass is 570 g/mol. The molecule has 0 atom stereocenters. The van der Waals surface area contributed by atoms with E-state index in [2.05, 4.69) is 15.6 Å². The van der Waals surface area contributed by atoms with E-state index in [-0.39, 0.29) is 36.5 Å². The summed E-state index contributed by atoms with van der Waals surface area (Å²) in [7, 11) is 3.57. The summed E-state index contributed by atoms with van der Waals surface area (Å²) in [4.78, 5) is 19.0.